The van der Waals surface area contributed by atoms with E-state index in [4.69, 9.17) is 23.2 Å². The molecule has 0 aliphatic heterocycles. The van der Waals surface area contributed by atoms with Gasteiger partial charge in [-0.3, -0.25) is 4.57 Å². The van der Waals surface area contributed by atoms with Crippen LogP contribution in [-0.2, 0) is 0 Å². The number of fused-ring (bicyclic) bond motifs is 1. The van der Waals surface area contributed by atoms with Crippen LogP contribution in [0.3, 0.4) is 0 Å². The van der Waals surface area contributed by atoms with Gasteiger partial charge in [-0.25, -0.2) is 4.98 Å². The molecular weight excluding hydrogens is 418 g/mol. The van der Waals surface area contributed by atoms with Crippen LogP contribution in [0.25, 0.3) is 16.7 Å². The van der Waals surface area contributed by atoms with E-state index in [1.165, 1.54) is 0 Å². The summed E-state index contributed by atoms with van der Waals surface area (Å²) < 4.78 is 3.19. The zero-order valence-electron chi connectivity index (χ0n) is 11.6. The second-order valence-corrected chi connectivity index (χ2v) is 7.32. The van der Waals surface area contributed by atoms with E-state index in [0.717, 1.165) is 31.7 Å². The quantitative estimate of drug-likeness (QED) is 0.366. The van der Waals surface area contributed by atoms with Crippen molar-refractivity contribution in [1.29, 1.82) is 0 Å². The molecule has 21 heavy (non-hydrogen) atoms. The molecule has 0 saturated carbocycles. The van der Waals surface area contributed by atoms with Crippen molar-refractivity contribution in [3.63, 3.8) is 0 Å². The lowest BCUT2D eigenvalue weighted by atomic mass is 10.2. The summed E-state index contributed by atoms with van der Waals surface area (Å²) in [5.41, 5.74) is 3.99. The van der Waals surface area contributed by atoms with Crippen LogP contribution in [0.4, 0.5) is 0 Å². The molecule has 108 valence electrons. The number of rotatable bonds is 2. The lowest BCUT2D eigenvalue weighted by molar-refractivity contribution is 0.882. The largest absolute Gasteiger partial charge is 0.294 e. The summed E-state index contributed by atoms with van der Waals surface area (Å²) >= 11 is 15.0. The first-order valence-electron chi connectivity index (χ1n) is 6.56. The summed E-state index contributed by atoms with van der Waals surface area (Å²) in [6.07, 6.45) is 0. The van der Waals surface area contributed by atoms with E-state index in [9.17, 15) is 0 Å². The van der Waals surface area contributed by atoms with Gasteiger partial charge in [0, 0.05) is 3.57 Å². The van der Waals surface area contributed by atoms with Crippen molar-refractivity contribution in [3.05, 3.63) is 56.4 Å². The van der Waals surface area contributed by atoms with Crippen LogP contribution in [0.2, 0.25) is 5.02 Å². The minimum absolute atomic E-state index is 0.201. The molecule has 3 aromatic rings. The Kier molecular flexibility index (Phi) is 4.17. The molecule has 3 rings (SSSR count). The van der Waals surface area contributed by atoms with Gasteiger partial charge in [0.05, 0.1) is 27.1 Å². The standard InChI is InChI=1S/C16H13Cl2IN2/c1-9-3-5-14(12(18)7-9)21-15-6-4-11(19)8-13(15)20-16(21)10(2)17/h3-8,10H,1-2H3. The average molecular weight is 431 g/mol. The van der Waals surface area contributed by atoms with Gasteiger partial charge in [-0.1, -0.05) is 17.7 Å². The zero-order valence-corrected chi connectivity index (χ0v) is 15.2. The van der Waals surface area contributed by atoms with E-state index in [0.29, 0.717) is 5.02 Å². The fourth-order valence-electron chi connectivity index (χ4n) is 2.39. The molecule has 0 amide bonds. The summed E-state index contributed by atoms with van der Waals surface area (Å²) in [5.74, 6) is 0.805. The number of benzene rings is 2. The summed E-state index contributed by atoms with van der Waals surface area (Å²) in [7, 11) is 0. The van der Waals surface area contributed by atoms with Crippen LogP contribution in [0.5, 0.6) is 0 Å². The third-order valence-corrected chi connectivity index (χ3v) is 4.51. The van der Waals surface area contributed by atoms with Gasteiger partial charge in [0.1, 0.15) is 5.82 Å². The van der Waals surface area contributed by atoms with Crippen LogP contribution in [-0.4, -0.2) is 9.55 Å². The Bertz CT molecular complexity index is 825. The topological polar surface area (TPSA) is 17.8 Å². The number of hydrogen-bond acceptors (Lipinski definition) is 1. The highest BCUT2D eigenvalue weighted by Crippen LogP contribution is 2.32. The van der Waals surface area contributed by atoms with Crippen molar-refractivity contribution >= 4 is 56.8 Å². The Morgan fingerprint density at radius 1 is 1.19 bits per heavy atom. The predicted octanol–water partition coefficient (Wildman–Crippen LogP) is 5.89. The van der Waals surface area contributed by atoms with Gasteiger partial charge in [0.2, 0.25) is 0 Å². The van der Waals surface area contributed by atoms with Crippen LogP contribution in [0, 0.1) is 10.5 Å². The molecule has 0 fully saturated rings. The molecule has 1 aromatic heterocycles. The molecule has 1 heterocycles. The van der Waals surface area contributed by atoms with E-state index < -0.39 is 0 Å². The number of aromatic nitrogens is 2. The van der Waals surface area contributed by atoms with Gasteiger partial charge < -0.3 is 0 Å². The molecule has 0 aliphatic carbocycles. The Morgan fingerprint density at radius 3 is 2.62 bits per heavy atom. The minimum atomic E-state index is -0.201. The molecule has 0 aliphatic rings. The molecule has 0 radical (unpaired) electrons. The Balaban J connectivity index is 2.36. The van der Waals surface area contributed by atoms with Gasteiger partial charge in [0.15, 0.2) is 0 Å². The van der Waals surface area contributed by atoms with E-state index in [1.807, 2.05) is 36.6 Å². The van der Waals surface area contributed by atoms with Crippen LogP contribution >= 0.6 is 45.8 Å². The van der Waals surface area contributed by atoms with Gasteiger partial charge in [0.25, 0.3) is 0 Å². The Labute approximate surface area is 147 Å². The molecule has 0 bridgehead atoms. The summed E-state index contributed by atoms with van der Waals surface area (Å²) in [6, 6.07) is 12.2. The van der Waals surface area contributed by atoms with Crippen LogP contribution in [0.1, 0.15) is 23.7 Å². The maximum atomic E-state index is 6.44. The summed E-state index contributed by atoms with van der Waals surface area (Å²) in [5, 5.41) is 0.499. The number of alkyl halides is 1. The second kappa shape index (κ2) is 5.78. The average Bonchev–Trinajstić information content (AvgIpc) is 2.77. The fourth-order valence-corrected chi connectivity index (χ4v) is 3.33. The van der Waals surface area contributed by atoms with Crippen molar-refractivity contribution in [2.75, 3.05) is 0 Å². The van der Waals surface area contributed by atoms with Crippen molar-refractivity contribution in [2.24, 2.45) is 0 Å². The molecule has 2 nitrogen and oxygen atoms in total. The van der Waals surface area contributed by atoms with Crippen molar-refractivity contribution in [3.8, 4) is 5.69 Å². The number of imidazole rings is 1. The van der Waals surface area contributed by atoms with E-state index in [-0.39, 0.29) is 5.38 Å². The van der Waals surface area contributed by atoms with E-state index in [1.54, 1.807) is 0 Å². The van der Waals surface area contributed by atoms with Gasteiger partial charge >= 0.3 is 0 Å². The number of hydrogen-bond donors (Lipinski definition) is 0. The van der Waals surface area contributed by atoms with E-state index in [2.05, 4.69) is 45.8 Å². The maximum absolute atomic E-state index is 6.44. The first-order valence-corrected chi connectivity index (χ1v) is 8.45. The molecule has 0 spiro atoms. The maximum Gasteiger partial charge on any atom is 0.132 e. The molecule has 2 aromatic carbocycles. The van der Waals surface area contributed by atoms with E-state index >= 15 is 0 Å². The SMILES string of the molecule is Cc1ccc(-n2c(C(C)Cl)nc3cc(I)ccc32)c(Cl)c1. The first kappa shape index (κ1) is 15.1. The normalized spacial score (nSPS) is 12.8. The number of halogens is 3. The second-order valence-electron chi connectivity index (χ2n) is 5.01. The lowest BCUT2D eigenvalue weighted by Gasteiger charge is -2.12. The molecule has 5 heteroatoms. The Hall–Kier alpha value is -0.780. The first-order chi connectivity index (χ1) is 9.97. The van der Waals surface area contributed by atoms with Crippen LogP contribution in [0.15, 0.2) is 36.4 Å². The molecule has 0 N–H and O–H groups in total. The highest BCUT2D eigenvalue weighted by molar-refractivity contribution is 14.1. The van der Waals surface area contributed by atoms with Crippen LogP contribution < -0.4 is 0 Å². The molecular formula is C16H13Cl2IN2. The van der Waals surface area contributed by atoms with Gasteiger partial charge in [-0.2, -0.15) is 0 Å². The van der Waals surface area contributed by atoms with Gasteiger partial charge in [-0.05, 0) is 72.3 Å². The summed E-state index contributed by atoms with van der Waals surface area (Å²) in [6.45, 7) is 3.95. The highest BCUT2D eigenvalue weighted by Gasteiger charge is 2.18. The predicted molar refractivity (Wildman–Crippen MR) is 97.8 cm³/mol. The van der Waals surface area contributed by atoms with Crippen molar-refractivity contribution in [1.82, 2.24) is 9.55 Å². The minimum Gasteiger partial charge on any atom is -0.294 e. The highest BCUT2D eigenvalue weighted by atomic mass is 127. The smallest absolute Gasteiger partial charge is 0.132 e. The Morgan fingerprint density at radius 2 is 1.95 bits per heavy atom. The number of nitrogens with zero attached hydrogens (tertiary/aromatic N) is 2. The lowest BCUT2D eigenvalue weighted by Crippen LogP contribution is -2.02. The third-order valence-electron chi connectivity index (χ3n) is 3.34. The monoisotopic (exact) mass is 430 g/mol. The molecule has 0 saturated heterocycles. The fraction of sp³-hybridized carbons (Fsp3) is 0.188. The summed E-state index contributed by atoms with van der Waals surface area (Å²) in [4.78, 5) is 4.68. The zero-order chi connectivity index (χ0) is 15.1. The molecule has 1 unspecified atom stereocenters. The number of aryl methyl sites for hydroxylation is 1. The third kappa shape index (κ3) is 2.79. The molecule has 1 atom stereocenters. The van der Waals surface area contributed by atoms with Crippen molar-refractivity contribution in [2.45, 2.75) is 19.2 Å². The van der Waals surface area contributed by atoms with Crippen molar-refractivity contribution < 1.29 is 0 Å². The van der Waals surface area contributed by atoms with Gasteiger partial charge in [-0.15, -0.1) is 11.6 Å².